The summed E-state index contributed by atoms with van der Waals surface area (Å²) in [6, 6.07) is 4.31. The van der Waals surface area contributed by atoms with Crippen LogP contribution in [-0.4, -0.2) is 29.3 Å². The molecule has 1 aliphatic heterocycles. The molecule has 1 saturated heterocycles. The van der Waals surface area contributed by atoms with Crippen LogP contribution in [0.25, 0.3) is 0 Å². The molecule has 1 aliphatic rings. The first kappa shape index (κ1) is 10.7. The highest BCUT2D eigenvalue weighted by Gasteiger charge is 2.24. The second-order valence-corrected chi connectivity index (χ2v) is 4.23. The Morgan fingerprint density at radius 3 is 3.20 bits per heavy atom. The predicted molar refractivity (Wildman–Crippen MR) is 61.3 cm³/mol. The Hall–Kier alpha value is -0.800. The maximum atomic E-state index is 8.98. The largest absolute Gasteiger partial charge is 0.396 e. The molecule has 1 unspecified atom stereocenters. The van der Waals surface area contributed by atoms with Gasteiger partial charge in [-0.25, -0.2) is 4.98 Å². The minimum absolute atomic E-state index is 0.250. The van der Waals surface area contributed by atoms with E-state index in [0.29, 0.717) is 11.2 Å². The van der Waals surface area contributed by atoms with E-state index in [1.54, 1.807) is 6.20 Å². The molecule has 3 nitrogen and oxygen atoms in total. The molecule has 1 atom stereocenters. The van der Waals surface area contributed by atoms with E-state index in [1.165, 1.54) is 6.42 Å². The van der Waals surface area contributed by atoms with E-state index in [9.17, 15) is 0 Å². The number of pyridine rings is 1. The summed E-state index contributed by atoms with van der Waals surface area (Å²) in [5.41, 5.74) is 1.12. The molecule has 2 heterocycles. The fourth-order valence-corrected chi connectivity index (χ4v) is 2.36. The zero-order chi connectivity index (χ0) is 10.7. The molecule has 0 bridgehead atoms. The van der Waals surface area contributed by atoms with Crippen LogP contribution in [0.2, 0.25) is 5.15 Å². The molecular weight excluding hydrogens is 212 g/mol. The maximum Gasteiger partial charge on any atom is 0.131 e. The van der Waals surface area contributed by atoms with Crippen LogP contribution >= 0.6 is 11.6 Å². The van der Waals surface area contributed by atoms with E-state index >= 15 is 0 Å². The molecule has 1 aromatic rings. The van der Waals surface area contributed by atoms with Gasteiger partial charge >= 0.3 is 0 Å². The van der Waals surface area contributed by atoms with Crippen molar-refractivity contribution in [2.24, 2.45) is 0 Å². The maximum absolute atomic E-state index is 8.98. The second kappa shape index (κ2) is 4.81. The van der Waals surface area contributed by atoms with Crippen molar-refractivity contribution < 1.29 is 5.11 Å². The number of aliphatic hydroxyl groups is 1. The van der Waals surface area contributed by atoms with Crippen LogP contribution in [0.4, 0.5) is 5.69 Å². The third-order valence-corrected chi connectivity index (χ3v) is 3.09. The topological polar surface area (TPSA) is 36.4 Å². The summed E-state index contributed by atoms with van der Waals surface area (Å²) in [5, 5.41) is 9.51. The molecule has 0 spiro atoms. The van der Waals surface area contributed by atoms with Gasteiger partial charge in [0.25, 0.3) is 0 Å². The number of nitrogens with zero attached hydrogens (tertiary/aromatic N) is 2. The molecule has 0 amide bonds. The van der Waals surface area contributed by atoms with Crippen molar-refractivity contribution in [1.82, 2.24) is 4.98 Å². The van der Waals surface area contributed by atoms with Crippen LogP contribution in [0.3, 0.4) is 0 Å². The monoisotopic (exact) mass is 226 g/mol. The molecule has 15 heavy (non-hydrogen) atoms. The van der Waals surface area contributed by atoms with Crippen molar-refractivity contribution in [1.29, 1.82) is 0 Å². The standard InChI is InChI=1S/C11H15ClN2O/c12-11-8-10(3-5-13-11)14-6-1-2-9(14)4-7-15/h3,5,8-9,15H,1-2,4,6-7H2. The van der Waals surface area contributed by atoms with Crippen molar-refractivity contribution in [3.63, 3.8) is 0 Å². The molecule has 1 N–H and O–H groups in total. The highest BCUT2D eigenvalue weighted by molar-refractivity contribution is 6.29. The molecule has 0 aliphatic carbocycles. The molecule has 0 saturated carbocycles. The third kappa shape index (κ3) is 2.41. The van der Waals surface area contributed by atoms with Crippen molar-refractivity contribution >= 4 is 17.3 Å². The zero-order valence-electron chi connectivity index (χ0n) is 8.56. The van der Waals surface area contributed by atoms with E-state index in [2.05, 4.69) is 9.88 Å². The third-order valence-electron chi connectivity index (χ3n) is 2.88. The van der Waals surface area contributed by atoms with Gasteiger partial charge in [-0.3, -0.25) is 0 Å². The van der Waals surface area contributed by atoms with Gasteiger partial charge in [-0.15, -0.1) is 0 Å². The lowest BCUT2D eigenvalue weighted by Gasteiger charge is -2.26. The molecule has 1 aromatic heterocycles. The summed E-state index contributed by atoms with van der Waals surface area (Å²) in [6.45, 7) is 1.30. The fourth-order valence-electron chi connectivity index (χ4n) is 2.20. The molecule has 4 heteroatoms. The molecular formula is C11H15ClN2O. The average Bonchev–Trinajstić information content (AvgIpc) is 2.66. The van der Waals surface area contributed by atoms with Crippen LogP contribution in [0, 0.1) is 0 Å². The highest BCUT2D eigenvalue weighted by Crippen LogP contribution is 2.27. The van der Waals surface area contributed by atoms with Crippen LogP contribution in [0.5, 0.6) is 0 Å². The van der Waals surface area contributed by atoms with Crippen molar-refractivity contribution in [3.05, 3.63) is 23.5 Å². The van der Waals surface area contributed by atoms with Gasteiger partial charge in [0.15, 0.2) is 0 Å². The Labute approximate surface area is 94.7 Å². The fraction of sp³-hybridized carbons (Fsp3) is 0.545. The summed E-state index contributed by atoms with van der Waals surface area (Å²) in [6.07, 6.45) is 4.90. The van der Waals surface area contributed by atoms with Gasteiger partial charge in [-0.2, -0.15) is 0 Å². The van der Waals surface area contributed by atoms with Gasteiger partial charge in [0.2, 0.25) is 0 Å². The highest BCUT2D eigenvalue weighted by atomic mass is 35.5. The minimum atomic E-state index is 0.250. The second-order valence-electron chi connectivity index (χ2n) is 3.84. The van der Waals surface area contributed by atoms with Crippen molar-refractivity contribution in [2.45, 2.75) is 25.3 Å². The Bertz CT molecular complexity index is 332. The van der Waals surface area contributed by atoms with E-state index < -0.39 is 0 Å². The molecule has 0 aromatic carbocycles. The van der Waals surface area contributed by atoms with E-state index in [4.69, 9.17) is 16.7 Å². The average molecular weight is 227 g/mol. The number of aromatic nitrogens is 1. The van der Waals surface area contributed by atoms with Crippen LogP contribution in [0.15, 0.2) is 18.3 Å². The number of anilines is 1. The Morgan fingerprint density at radius 2 is 2.47 bits per heavy atom. The first-order valence-electron chi connectivity index (χ1n) is 5.30. The van der Waals surface area contributed by atoms with E-state index in [-0.39, 0.29) is 6.61 Å². The Kier molecular flexibility index (Phi) is 3.44. The molecule has 1 fully saturated rings. The summed E-state index contributed by atoms with van der Waals surface area (Å²) >= 11 is 5.86. The smallest absolute Gasteiger partial charge is 0.131 e. The van der Waals surface area contributed by atoms with Crippen LogP contribution in [-0.2, 0) is 0 Å². The van der Waals surface area contributed by atoms with Gasteiger partial charge in [0.1, 0.15) is 5.15 Å². The first-order valence-corrected chi connectivity index (χ1v) is 5.68. The summed E-state index contributed by atoms with van der Waals surface area (Å²) in [4.78, 5) is 6.28. The lowest BCUT2D eigenvalue weighted by atomic mass is 10.1. The SMILES string of the molecule is OCCC1CCCN1c1ccnc(Cl)c1. The first-order chi connectivity index (χ1) is 7.31. The summed E-state index contributed by atoms with van der Waals surface area (Å²) in [7, 11) is 0. The number of rotatable bonds is 3. The minimum Gasteiger partial charge on any atom is -0.396 e. The molecule has 0 radical (unpaired) electrons. The lowest BCUT2D eigenvalue weighted by molar-refractivity contribution is 0.276. The summed E-state index contributed by atoms with van der Waals surface area (Å²) < 4.78 is 0. The van der Waals surface area contributed by atoms with Crippen molar-refractivity contribution in [2.75, 3.05) is 18.1 Å². The van der Waals surface area contributed by atoms with Crippen LogP contribution < -0.4 is 4.90 Å². The molecule has 82 valence electrons. The van der Waals surface area contributed by atoms with Crippen molar-refractivity contribution in [3.8, 4) is 0 Å². The Morgan fingerprint density at radius 1 is 1.60 bits per heavy atom. The normalized spacial score (nSPS) is 20.9. The summed E-state index contributed by atoms with van der Waals surface area (Å²) in [5.74, 6) is 0. The quantitative estimate of drug-likeness (QED) is 0.802. The van der Waals surface area contributed by atoms with Gasteiger partial charge in [-0.1, -0.05) is 11.6 Å². The van der Waals surface area contributed by atoms with Crippen LogP contribution in [0.1, 0.15) is 19.3 Å². The molecule has 2 rings (SSSR count). The van der Waals surface area contributed by atoms with E-state index in [0.717, 1.165) is 25.1 Å². The van der Waals surface area contributed by atoms with E-state index in [1.807, 2.05) is 12.1 Å². The number of aliphatic hydroxyl groups excluding tert-OH is 1. The number of hydrogen-bond donors (Lipinski definition) is 1. The lowest BCUT2D eigenvalue weighted by Crippen LogP contribution is -2.29. The zero-order valence-corrected chi connectivity index (χ0v) is 9.32. The number of hydrogen-bond acceptors (Lipinski definition) is 3. The predicted octanol–water partition coefficient (Wildman–Crippen LogP) is 2.09. The van der Waals surface area contributed by atoms with Gasteiger partial charge in [-0.05, 0) is 31.4 Å². The number of halogens is 1. The Balaban J connectivity index is 2.15. The van der Waals surface area contributed by atoms with Gasteiger partial charge < -0.3 is 10.0 Å². The van der Waals surface area contributed by atoms with Gasteiger partial charge in [0.05, 0.1) is 0 Å². The van der Waals surface area contributed by atoms with Gasteiger partial charge in [0, 0.05) is 31.1 Å².